The zero-order valence-electron chi connectivity index (χ0n) is 10.4. The fraction of sp³-hybridized carbons (Fsp3) is 0.0769. The largest absolute Gasteiger partial charge is 0.328 e. The summed E-state index contributed by atoms with van der Waals surface area (Å²) in [5.74, 6) is -0.656. The van der Waals surface area contributed by atoms with Gasteiger partial charge in [0.1, 0.15) is 5.82 Å². The molecule has 0 aromatic heterocycles. The number of rotatable bonds is 4. The zero-order chi connectivity index (χ0) is 15.6. The molecular formula is C13H9ClF3NO2S. The molecule has 0 aliphatic heterocycles. The van der Waals surface area contributed by atoms with Gasteiger partial charge in [0.2, 0.25) is 0 Å². The average Bonchev–Trinajstić information content (AvgIpc) is 2.41. The zero-order valence-corrected chi connectivity index (χ0v) is 12.0. The van der Waals surface area contributed by atoms with Gasteiger partial charge in [0, 0.05) is 5.02 Å². The van der Waals surface area contributed by atoms with Crippen molar-refractivity contribution in [2.75, 3.05) is 4.31 Å². The van der Waals surface area contributed by atoms with Crippen LogP contribution in [0, 0.1) is 5.82 Å². The van der Waals surface area contributed by atoms with Crippen molar-refractivity contribution in [3.8, 4) is 0 Å². The number of anilines is 1. The number of alkyl halides is 2. The Labute approximate surface area is 124 Å². The van der Waals surface area contributed by atoms with Crippen LogP contribution in [0.3, 0.4) is 0 Å². The number of hydrogen-bond donors (Lipinski definition) is 0. The molecule has 2 aromatic carbocycles. The summed E-state index contributed by atoms with van der Waals surface area (Å²) in [4.78, 5) is -0.337. The molecule has 0 unspecified atom stereocenters. The summed E-state index contributed by atoms with van der Waals surface area (Å²) in [6.07, 6.45) is 0. The van der Waals surface area contributed by atoms with E-state index in [1.54, 1.807) is 0 Å². The molecule has 2 rings (SSSR count). The van der Waals surface area contributed by atoms with Gasteiger partial charge < -0.3 is 0 Å². The Hall–Kier alpha value is -1.73. The van der Waals surface area contributed by atoms with Gasteiger partial charge >= 0.3 is 6.55 Å². The highest BCUT2D eigenvalue weighted by Gasteiger charge is 2.31. The molecule has 0 heterocycles. The highest BCUT2D eigenvalue weighted by molar-refractivity contribution is 7.92. The molecule has 0 aliphatic rings. The molecule has 3 nitrogen and oxygen atoms in total. The maximum atomic E-state index is 13.2. The molecule has 0 amide bonds. The van der Waals surface area contributed by atoms with Gasteiger partial charge in [-0.25, -0.2) is 17.1 Å². The maximum absolute atomic E-state index is 13.2. The van der Waals surface area contributed by atoms with E-state index in [4.69, 9.17) is 11.6 Å². The van der Waals surface area contributed by atoms with E-state index in [1.165, 1.54) is 12.1 Å². The van der Waals surface area contributed by atoms with E-state index in [2.05, 4.69) is 0 Å². The van der Waals surface area contributed by atoms with Gasteiger partial charge in [-0.05, 0) is 48.5 Å². The molecule has 0 N–H and O–H groups in total. The smallest absolute Gasteiger partial charge is 0.207 e. The van der Waals surface area contributed by atoms with Crippen LogP contribution < -0.4 is 4.31 Å². The van der Waals surface area contributed by atoms with Crippen molar-refractivity contribution in [1.29, 1.82) is 0 Å². The quantitative estimate of drug-likeness (QED) is 0.795. The SMILES string of the molecule is O=S(=O)(c1ccc(Cl)cc1)N(c1ccc(F)cc1)C(F)F. The third kappa shape index (κ3) is 3.30. The van der Waals surface area contributed by atoms with Gasteiger partial charge in [-0.15, -0.1) is 0 Å². The number of halogens is 4. The molecule has 0 fully saturated rings. The van der Waals surface area contributed by atoms with E-state index in [1.807, 2.05) is 0 Å². The van der Waals surface area contributed by atoms with Crippen molar-refractivity contribution >= 4 is 27.3 Å². The number of sulfonamides is 1. The van der Waals surface area contributed by atoms with Crippen LogP contribution in [-0.4, -0.2) is 15.0 Å². The molecule has 21 heavy (non-hydrogen) atoms. The standard InChI is InChI=1S/C13H9ClF3NO2S/c14-9-1-7-12(8-2-9)21(19,20)18(13(16)17)11-5-3-10(15)4-6-11/h1-8,13H. The second-order valence-corrected chi connectivity index (χ2v) is 6.26. The van der Waals surface area contributed by atoms with Crippen LogP contribution in [0.15, 0.2) is 53.4 Å². The predicted octanol–water partition coefficient (Wildman–Crippen LogP) is 3.90. The number of nitrogens with zero attached hydrogens (tertiary/aromatic N) is 1. The third-order valence-electron chi connectivity index (χ3n) is 2.63. The molecule has 0 atom stereocenters. The third-order valence-corrected chi connectivity index (χ3v) is 4.64. The average molecular weight is 336 g/mol. The van der Waals surface area contributed by atoms with Gasteiger partial charge in [0.25, 0.3) is 10.0 Å². The summed E-state index contributed by atoms with van der Waals surface area (Å²) in [6, 6.07) is 8.55. The van der Waals surface area contributed by atoms with E-state index in [0.29, 0.717) is 0 Å². The lowest BCUT2D eigenvalue weighted by Crippen LogP contribution is -2.35. The first-order chi connectivity index (χ1) is 9.82. The molecule has 112 valence electrons. The van der Waals surface area contributed by atoms with Crippen LogP contribution in [0.5, 0.6) is 0 Å². The summed E-state index contributed by atoms with van der Waals surface area (Å²) in [5, 5.41) is 0.277. The van der Waals surface area contributed by atoms with Gasteiger partial charge in [-0.2, -0.15) is 8.78 Å². The summed E-state index contributed by atoms with van der Waals surface area (Å²) in [7, 11) is -4.48. The summed E-state index contributed by atoms with van der Waals surface area (Å²) < 4.78 is 63.7. The Balaban J connectivity index is 2.51. The first kappa shape index (κ1) is 15.7. The molecular weight excluding hydrogens is 327 g/mol. The van der Waals surface area contributed by atoms with Gasteiger partial charge in [-0.3, -0.25) is 0 Å². The van der Waals surface area contributed by atoms with Crippen LogP contribution in [0.2, 0.25) is 5.02 Å². The minimum absolute atomic E-state index is 0.0737. The lowest BCUT2D eigenvalue weighted by Gasteiger charge is -2.23. The normalized spacial score (nSPS) is 11.7. The second-order valence-electron chi connectivity index (χ2n) is 4.01. The van der Waals surface area contributed by atoms with Crippen LogP contribution in [0.25, 0.3) is 0 Å². The molecule has 0 aliphatic carbocycles. The molecule has 0 radical (unpaired) electrons. The maximum Gasteiger partial charge on any atom is 0.328 e. The Morgan fingerprint density at radius 3 is 1.95 bits per heavy atom. The van der Waals surface area contributed by atoms with Gasteiger partial charge in [-0.1, -0.05) is 11.6 Å². The Morgan fingerprint density at radius 1 is 0.952 bits per heavy atom. The number of benzene rings is 2. The molecule has 0 saturated carbocycles. The Morgan fingerprint density at radius 2 is 1.48 bits per heavy atom. The topological polar surface area (TPSA) is 37.4 Å². The first-order valence-corrected chi connectivity index (χ1v) is 7.48. The second kappa shape index (κ2) is 5.95. The van der Waals surface area contributed by atoms with Crippen LogP contribution in [0.1, 0.15) is 0 Å². The molecule has 2 aromatic rings. The van der Waals surface area contributed by atoms with Crippen molar-refractivity contribution in [3.63, 3.8) is 0 Å². The fourth-order valence-electron chi connectivity index (χ4n) is 1.66. The Bertz CT molecular complexity index is 718. The number of hydrogen-bond acceptors (Lipinski definition) is 2. The van der Waals surface area contributed by atoms with Crippen LogP contribution in [-0.2, 0) is 10.0 Å². The molecule has 8 heteroatoms. The monoisotopic (exact) mass is 335 g/mol. The van der Waals surface area contributed by atoms with Crippen molar-refractivity contribution < 1.29 is 21.6 Å². The summed E-state index contributed by atoms with van der Waals surface area (Å²) in [5.41, 5.74) is -0.332. The summed E-state index contributed by atoms with van der Waals surface area (Å²) in [6.45, 7) is -3.31. The predicted molar refractivity (Wildman–Crippen MR) is 73.5 cm³/mol. The minimum Gasteiger partial charge on any atom is -0.207 e. The lowest BCUT2D eigenvalue weighted by atomic mass is 10.3. The van der Waals surface area contributed by atoms with E-state index in [9.17, 15) is 21.6 Å². The van der Waals surface area contributed by atoms with Crippen molar-refractivity contribution in [2.24, 2.45) is 0 Å². The summed E-state index contributed by atoms with van der Waals surface area (Å²) >= 11 is 5.64. The van der Waals surface area contributed by atoms with E-state index in [-0.39, 0.29) is 19.9 Å². The molecule has 0 spiro atoms. The highest BCUT2D eigenvalue weighted by Crippen LogP contribution is 2.28. The van der Waals surface area contributed by atoms with Crippen LogP contribution >= 0.6 is 11.6 Å². The Kier molecular flexibility index (Phi) is 4.43. The molecule has 0 saturated heterocycles. The minimum atomic E-state index is -4.48. The van der Waals surface area contributed by atoms with Crippen molar-refractivity contribution in [3.05, 3.63) is 59.4 Å². The van der Waals surface area contributed by atoms with Crippen LogP contribution in [0.4, 0.5) is 18.9 Å². The highest BCUT2D eigenvalue weighted by atomic mass is 35.5. The van der Waals surface area contributed by atoms with Gasteiger partial charge in [0.15, 0.2) is 0 Å². The van der Waals surface area contributed by atoms with E-state index >= 15 is 0 Å². The lowest BCUT2D eigenvalue weighted by molar-refractivity contribution is 0.162. The fourth-order valence-corrected chi connectivity index (χ4v) is 3.11. The van der Waals surface area contributed by atoms with Crippen molar-refractivity contribution in [2.45, 2.75) is 11.4 Å². The first-order valence-electron chi connectivity index (χ1n) is 5.66. The van der Waals surface area contributed by atoms with E-state index in [0.717, 1.165) is 36.4 Å². The van der Waals surface area contributed by atoms with E-state index < -0.39 is 22.4 Å². The molecule has 0 bridgehead atoms. The van der Waals surface area contributed by atoms with Gasteiger partial charge in [0.05, 0.1) is 10.6 Å². The van der Waals surface area contributed by atoms with Crippen molar-refractivity contribution in [1.82, 2.24) is 0 Å².